The molecule has 0 saturated heterocycles. The average molecular weight is 261 g/mol. The van der Waals surface area contributed by atoms with Crippen molar-refractivity contribution in [3.63, 3.8) is 0 Å². The summed E-state index contributed by atoms with van der Waals surface area (Å²) >= 11 is 8.00. The minimum absolute atomic E-state index is 0.0716. The van der Waals surface area contributed by atoms with E-state index in [-0.39, 0.29) is 5.56 Å². The van der Waals surface area contributed by atoms with Crippen LogP contribution >= 0.6 is 11.6 Å². The Kier molecular flexibility index (Phi) is 3.23. The van der Waals surface area contributed by atoms with Crippen LogP contribution in [0.15, 0.2) is 12.1 Å². The van der Waals surface area contributed by atoms with Gasteiger partial charge in [-0.05, 0) is 0 Å². The van der Waals surface area contributed by atoms with E-state index in [1.807, 2.05) is 0 Å². The molecule has 5 heteroatoms. The van der Waals surface area contributed by atoms with Gasteiger partial charge >= 0.3 is 89.0 Å². The van der Waals surface area contributed by atoms with E-state index in [4.69, 9.17) is 21.4 Å². The molecule has 0 atom stereocenters. The van der Waals surface area contributed by atoms with Crippen LogP contribution < -0.4 is 9.09 Å². The number of ether oxygens (including phenoxy) is 1. The molecule has 0 saturated carbocycles. The summed E-state index contributed by atoms with van der Waals surface area (Å²) in [5, 5.41) is 9.17. The summed E-state index contributed by atoms with van der Waals surface area (Å²) in [5.74, 6) is -0.737. The Labute approximate surface area is 89.2 Å². The number of halogens is 1. The number of carbonyl (C=O) groups is 1. The monoisotopic (exact) mass is 260 g/mol. The maximum absolute atomic E-state index is 10.7. The third kappa shape index (κ3) is 2.17. The molecule has 0 amide bonds. The van der Waals surface area contributed by atoms with E-state index in [0.717, 1.165) is 4.35 Å². The molecule has 0 fully saturated rings. The fourth-order valence-corrected chi connectivity index (χ4v) is 1.42. The zero-order valence-electron chi connectivity index (χ0n) is 6.74. The van der Waals surface area contributed by atoms with Gasteiger partial charge in [0.05, 0.1) is 0 Å². The molecule has 1 rings (SSSR count). The summed E-state index contributed by atoms with van der Waals surface area (Å²) in [6, 6.07) is 2.95. The van der Waals surface area contributed by atoms with Crippen LogP contribution in [0, 0.1) is 0 Å². The first-order valence-corrected chi connectivity index (χ1v) is 4.67. The Balaban J connectivity index is 3.33. The van der Waals surface area contributed by atoms with Crippen molar-refractivity contribution in [3.8, 4) is 5.75 Å². The van der Waals surface area contributed by atoms with E-state index in [2.05, 4.69) is 16.9 Å². The molecule has 0 aliphatic carbocycles. The van der Waals surface area contributed by atoms with Crippen molar-refractivity contribution >= 4 is 38.8 Å². The second-order valence-corrected chi connectivity index (χ2v) is 3.73. The van der Waals surface area contributed by atoms with E-state index in [1.54, 1.807) is 6.07 Å². The molecule has 0 aliphatic rings. The SMILES string of the molecule is COc1cc([As])c(Cl)cc1C(=O)O. The van der Waals surface area contributed by atoms with Crippen LogP contribution in [0.5, 0.6) is 5.75 Å². The zero-order chi connectivity index (χ0) is 10.0. The molecule has 0 aliphatic heterocycles. The zero-order valence-corrected chi connectivity index (χ0v) is 9.38. The van der Waals surface area contributed by atoms with Gasteiger partial charge in [-0.1, -0.05) is 0 Å². The number of benzene rings is 1. The predicted octanol–water partition coefficient (Wildman–Crippen LogP) is 0.841. The normalized spacial score (nSPS) is 9.77. The third-order valence-corrected chi connectivity index (χ3v) is 2.88. The van der Waals surface area contributed by atoms with Crippen molar-refractivity contribution in [3.05, 3.63) is 22.7 Å². The van der Waals surface area contributed by atoms with Gasteiger partial charge in [-0.3, -0.25) is 0 Å². The molecule has 0 spiro atoms. The van der Waals surface area contributed by atoms with Gasteiger partial charge < -0.3 is 0 Å². The number of rotatable bonds is 2. The molecular weight excluding hydrogens is 254 g/mol. The maximum atomic E-state index is 10.7. The number of carboxylic acids is 1. The summed E-state index contributed by atoms with van der Waals surface area (Å²) in [4.78, 5) is 10.7. The van der Waals surface area contributed by atoms with Crippen LogP contribution in [-0.2, 0) is 0 Å². The van der Waals surface area contributed by atoms with E-state index in [9.17, 15) is 4.79 Å². The van der Waals surface area contributed by atoms with Crippen molar-refractivity contribution in [1.82, 2.24) is 0 Å². The van der Waals surface area contributed by atoms with E-state index >= 15 is 0 Å². The van der Waals surface area contributed by atoms with E-state index in [1.165, 1.54) is 13.2 Å². The van der Waals surface area contributed by atoms with E-state index in [0.29, 0.717) is 10.8 Å². The van der Waals surface area contributed by atoms with Crippen LogP contribution in [0.4, 0.5) is 0 Å². The fraction of sp³-hybridized carbons (Fsp3) is 0.125. The number of methoxy groups -OCH3 is 1. The summed E-state index contributed by atoms with van der Waals surface area (Å²) in [5.41, 5.74) is 0.0716. The molecule has 0 aromatic heterocycles. The first-order valence-electron chi connectivity index (χ1n) is 3.36. The van der Waals surface area contributed by atoms with Crippen molar-refractivity contribution in [2.24, 2.45) is 0 Å². The average Bonchev–Trinajstić information content (AvgIpc) is 2.08. The molecule has 1 aromatic rings. The van der Waals surface area contributed by atoms with E-state index < -0.39 is 5.97 Å². The minimum atomic E-state index is -1.05. The van der Waals surface area contributed by atoms with Crippen molar-refractivity contribution < 1.29 is 14.6 Å². The summed E-state index contributed by atoms with van der Waals surface area (Å²) in [7, 11) is 1.42. The van der Waals surface area contributed by atoms with Gasteiger partial charge in [-0.15, -0.1) is 0 Å². The Morgan fingerprint density at radius 2 is 2.23 bits per heavy atom. The van der Waals surface area contributed by atoms with Gasteiger partial charge in [0, 0.05) is 0 Å². The van der Waals surface area contributed by atoms with Crippen LogP contribution in [-0.4, -0.2) is 35.0 Å². The van der Waals surface area contributed by atoms with Crippen LogP contribution in [0.2, 0.25) is 5.02 Å². The van der Waals surface area contributed by atoms with Crippen LogP contribution in [0.3, 0.4) is 0 Å². The summed E-state index contributed by atoms with van der Waals surface area (Å²) in [6.07, 6.45) is 0. The second kappa shape index (κ2) is 4.03. The molecule has 1 aromatic carbocycles. The molecule has 0 bridgehead atoms. The number of carboxylic acid groups (broad SMARTS) is 1. The number of aromatic carboxylic acids is 1. The van der Waals surface area contributed by atoms with Gasteiger partial charge in [-0.25, -0.2) is 0 Å². The van der Waals surface area contributed by atoms with Crippen LogP contribution in [0.25, 0.3) is 0 Å². The first kappa shape index (κ1) is 10.4. The summed E-state index contributed by atoms with van der Waals surface area (Å²) in [6.45, 7) is 0. The fourth-order valence-electron chi connectivity index (χ4n) is 0.879. The molecule has 0 heterocycles. The molecule has 13 heavy (non-hydrogen) atoms. The Morgan fingerprint density at radius 1 is 1.62 bits per heavy atom. The second-order valence-electron chi connectivity index (χ2n) is 2.31. The number of hydrogen-bond donors (Lipinski definition) is 1. The topological polar surface area (TPSA) is 46.5 Å². The summed E-state index contributed by atoms with van der Waals surface area (Å²) < 4.78 is 5.63. The Bertz CT molecular complexity index is 351. The molecule has 0 unspecified atom stereocenters. The molecule has 2 radical (unpaired) electrons. The molecule has 68 valence electrons. The van der Waals surface area contributed by atoms with Crippen molar-refractivity contribution in [1.29, 1.82) is 0 Å². The van der Waals surface area contributed by atoms with Crippen molar-refractivity contribution in [2.45, 2.75) is 0 Å². The quantitative estimate of drug-likeness (QED) is 0.802. The third-order valence-electron chi connectivity index (χ3n) is 1.50. The standard InChI is InChI=1S/C8H6AsClO3/c1-13-7-3-5(9)6(10)2-4(7)8(11)12/h2-3H,1H3,(H,11,12). The van der Waals surface area contributed by atoms with Gasteiger partial charge in [0.1, 0.15) is 0 Å². The van der Waals surface area contributed by atoms with Gasteiger partial charge in [0.25, 0.3) is 0 Å². The molecule has 1 N–H and O–H groups in total. The van der Waals surface area contributed by atoms with Gasteiger partial charge in [0.15, 0.2) is 0 Å². The van der Waals surface area contributed by atoms with Gasteiger partial charge in [0.2, 0.25) is 0 Å². The van der Waals surface area contributed by atoms with Crippen molar-refractivity contribution in [2.75, 3.05) is 7.11 Å². The Hall–Kier alpha value is -0.662. The number of hydrogen-bond acceptors (Lipinski definition) is 2. The molecular formula is C8H6AsClO3. The van der Waals surface area contributed by atoms with Gasteiger partial charge in [-0.2, -0.15) is 0 Å². The Morgan fingerprint density at radius 3 is 2.69 bits per heavy atom. The molecule has 3 nitrogen and oxygen atoms in total. The predicted molar refractivity (Wildman–Crippen MR) is 50.4 cm³/mol. The van der Waals surface area contributed by atoms with Crippen LogP contribution in [0.1, 0.15) is 10.4 Å². The first-order chi connectivity index (χ1) is 6.06.